The quantitative estimate of drug-likeness (QED) is 0.671. The van der Waals surface area contributed by atoms with Gasteiger partial charge in [0.1, 0.15) is 0 Å². The maximum atomic E-state index is 4.26. The molecule has 64 valence electrons. The Morgan fingerprint density at radius 1 is 1.67 bits per heavy atom. The molecule has 1 nitrogen and oxygen atoms in total. The van der Waals surface area contributed by atoms with Gasteiger partial charge in [-0.05, 0) is 11.5 Å². The zero-order valence-electron chi connectivity index (χ0n) is 7.50. The molecule has 1 heterocycles. The Labute approximate surface area is 76.8 Å². The van der Waals surface area contributed by atoms with Crippen molar-refractivity contribution >= 4 is 23.5 Å². The predicted octanol–water partition coefficient (Wildman–Crippen LogP) is 1.55. The second kappa shape index (κ2) is 3.68. The first-order valence-corrected chi connectivity index (χ1v) is 4.80. The summed E-state index contributed by atoms with van der Waals surface area (Å²) in [7, 11) is 0. The molecule has 0 aromatic carbocycles. The first-order valence-electron chi connectivity index (χ1n) is 3.92. The van der Waals surface area contributed by atoms with E-state index in [9.17, 15) is 0 Å². The van der Waals surface area contributed by atoms with Crippen LogP contribution in [0.3, 0.4) is 0 Å². The molecule has 1 rings (SSSR count). The van der Waals surface area contributed by atoms with Gasteiger partial charge in [-0.2, -0.15) is 0 Å². The van der Waals surface area contributed by atoms with E-state index in [1.807, 2.05) is 11.6 Å². The molecular weight excluding hydrogens is 166 g/mol. The summed E-state index contributed by atoms with van der Waals surface area (Å²) in [6, 6.07) is 0. The van der Waals surface area contributed by atoms with Crippen LogP contribution in [0.25, 0.3) is 12.2 Å². The van der Waals surface area contributed by atoms with Crippen LogP contribution >= 0.6 is 11.3 Å². The number of thiazole rings is 1. The van der Waals surface area contributed by atoms with Crippen LogP contribution in [0.4, 0.5) is 0 Å². The molecule has 0 amide bonds. The maximum absolute atomic E-state index is 4.26. The normalized spacial score (nSPS) is 13.2. The van der Waals surface area contributed by atoms with Gasteiger partial charge in [-0.1, -0.05) is 33.1 Å². The van der Waals surface area contributed by atoms with Gasteiger partial charge < -0.3 is 0 Å². The zero-order valence-corrected chi connectivity index (χ0v) is 8.32. The van der Waals surface area contributed by atoms with E-state index < -0.39 is 0 Å². The number of hydrogen-bond donors (Lipinski definition) is 0. The second-order valence-corrected chi connectivity index (χ2v) is 3.88. The summed E-state index contributed by atoms with van der Waals surface area (Å²) in [4.78, 5) is 4.26. The number of hydrogen-bond acceptors (Lipinski definition) is 2. The van der Waals surface area contributed by atoms with E-state index in [-0.39, 0.29) is 0 Å². The van der Waals surface area contributed by atoms with Crippen molar-refractivity contribution in [3.05, 3.63) is 28.0 Å². The molecule has 0 saturated carbocycles. The van der Waals surface area contributed by atoms with E-state index in [0.29, 0.717) is 5.92 Å². The number of rotatable bonds is 2. The van der Waals surface area contributed by atoms with Gasteiger partial charge in [0, 0.05) is 4.53 Å². The minimum atomic E-state index is 0.463. The molecule has 0 atom stereocenters. The first-order chi connectivity index (χ1) is 5.66. The second-order valence-electron chi connectivity index (χ2n) is 2.94. The molecule has 1 aromatic heterocycles. The largest absolute Gasteiger partial charge is 0.244 e. The van der Waals surface area contributed by atoms with Crippen molar-refractivity contribution in [1.82, 2.24) is 4.98 Å². The fraction of sp³-hybridized carbons (Fsp3) is 0.300. The summed E-state index contributed by atoms with van der Waals surface area (Å²) in [6.07, 6.45) is 1.87. The lowest BCUT2D eigenvalue weighted by atomic mass is 10.0. The van der Waals surface area contributed by atoms with Gasteiger partial charge in [0.2, 0.25) is 0 Å². The van der Waals surface area contributed by atoms with Crippen molar-refractivity contribution in [3.8, 4) is 0 Å². The van der Waals surface area contributed by atoms with Gasteiger partial charge in [-0.25, -0.2) is 4.98 Å². The van der Waals surface area contributed by atoms with Crippen LogP contribution in [0.2, 0.25) is 0 Å². The van der Waals surface area contributed by atoms with Crippen LogP contribution in [0.15, 0.2) is 18.2 Å². The minimum Gasteiger partial charge on any atom is -0.244 e. The summed E-state index contributed by atoms with van der Waals surface area (Å²) in [5, 5.41) is 1.00. The molecule has 0 aliphatic heterocycles. The third kappa shape index (κ3) is 1.64. The SMILES string of the molecule is C=C/C(=c1/ncsc1=C)C(C)C. The molecular formula is C10H13NS. The van der Waals surface area contributed by atoms with Crippen LogP contribution in [-0.2, 0) is 0 Å². The van der Waals surface area contributed by atoms with Crippen molar-refractivity contribution in [3.63, 3.8) is 0 Å². The van der Waals surface area contributed by atoms with Crippen molar-refractivity contribution in [2.24, 2.45) is 5.92 Å². The lowest BCUT2D eigenvalue weighted by molar-refractivity contribution is 0.851. The average Bonchev–Trinajstić information content (AvgIpc) is 2.38. The highest BCUT2D eigenvalue weighted by molar-refractivity contribution is 7.07. The standard InChI is InChI=1S/C10H13NS/c1-5-9(7(2)3)10-8(4)12-6-11-10/h5-7H,1,4H2,2-3H3/b10-9-. The van der Waals surface area contributed by atoms with Crippen LogP contribution in [0.5, 0.6) is 0 Å². The highest BCUT2D eigenvalue weighted by Crippen LogP contribution is 2.08. The van der Waals surface area contributed by atoms with Gasteiger partial charge >= 0.3 is 0 Å². The summed E-state index contributed by atoms with van der Waals surface area (Å²) >= 11 is 1.57. The summed E-state index contributed by atoms with van der Waals surface area (Å²) in [5.74, 6) is 0.463. The molecule has 0 aliphatic rings. The fourth-order valence-electron chi connectivity index (χ4n) is 1.11. The third-order valence-corrected chi connectivity index (χ3v) is 2.44. The Bertz CT molecular complexity index is 373. The monoisotopic (exact) mass is 179 g/mol. The minimum absolute atomic E-state index is 0.463. The lowest BCUT2D eigenvalue weighted by Gasteiger charge is -2.02. The van der Waals surface area contributed by atoms with Crippen molar-refractivity contribution in [1.29, 1.82) is 0 Å². The number of aromatic nitrogens is 1. The maximum Gasteiger partial charge on any atom is 0.0840 e. The van der Waals surface area contributed by atoms with E-state index in [4.69, 9.17) is 0 Å². The van der Waals surface area contributed by atoms with Gasteiger partial charge in [0.05, 0.1) is 10.9 Å². The Kier molecular flexibility index (Phi) is 2.82. The van der Waals surface area contributed by atoms with Crippen molar-refractivity contribution in [2.45, 2.75) is 13.8 Å². The van der Waals surface area contributed by atoms with E-state index in [1.54, 1.807) is 11.3 Å². The fourth-order valence-corrected chi connectivity index (χ4v) is 1.68. The van der Waals surface area contributed by atoms with E-state index in [0.717, 1.165) is 9.88 Å². The molecule has 0 fully saturated rings. The predicted molar refractivity (Wildman–Crippen MR) is 55.3 cm³/mol. The Morgan fingerprint density at radius 3 is 2.67 bits per heavy atom. The molecule has 0 unspecified atom stereocenters. The molecule has 0 spiro atoms. The highest BCUT2D eigenvalue weighted by Gasteiger charge is 2.01. The van der Waals surface area contributed by atoms with Crippen LogP contribution < -0.4 is 9.88 Å². The third-order valence-electron chi connectivity index (χ3n) is 1.76. The van der Waals surface area contributed by atoms with Crippen LogP contribution in [-0.4, -0.2) is 4.98 Å². The summed E-state index contributed by atoms with van der Waals surface area (Å²) in [6.45, 7) is 12.0. The van der Waals surface area contributed by atoms with Gasteiger partial charge in [0.25, 0.3) is 0 Å². The van der Waals surface area contributed by atoms with Crippen molar-refractivity contribution in [2.75, 3.05) is 0 Å². The molecule has 12 heavy (non-hydrogen) atoms. The van der Waals surface area contributed by atoms with E-state index in [2.05, 4.69) is 32.0 Å². The van der Waals surface area contributed by atoms with Gasteiger partial charge in [0.15, 0.2) is 0 Å². The Morgan fingerprint density at radius 2 is 2.33 bits per heavy atom. The van der Waals surface area contributed by atoms with Crippen LogP contribution in [0.1, 0.15) is 13.8 Å². The zero-order chi connectivity index (χ0) is 9.14. The highest BCUT2D eigenvalue weighted by atomic mass is 32.1. The molecule has 0 aliphatic carbocycles. The summed E-state index contributed by atoms with van der Waals surface area (Å²) in [5.41, 5.74) is 3.00. The Hall–Kier alpha value is -0.890. The Balaban J connectivity index is 3.48. The smallest absolute Gasteiger partial charge is 0.0840 e. The molecule has 1 aromatic rings. The number of nitrogens with zero attached hydrogens (tertiary/aromatic N) is 1. The van der Waals surface area contributed by atoms with E-state index >= 15 is 0 Å². The lowest BCUT2D eigenvalue weighted by Crippen LogP contribution is -2.23. The molecule has 0 bridgehead atoms. The van der Waals surface area contributed by atoms with Crippen LogP contribution in [0, 0.1) is 5.92 Å². The number of allylic oxidation sites excluding steroid dienone is 1. The molecule has 0 N–H and O–H groups in total. The topological polar surface area (TPSA) is 12.9 Å². The molecule has 2 heteroatoms. The van der Waals surface area contributed by atoms with E-state index in [1.165, 1.54) is 5.57 Å². The van der Waals surface area contributed by atoms with Gasteiger partial charge in [-0.3, -0.25) is 0 Å². The summed E-state index contributed by atoms with van der Waals surface area (Å²) < 4.78 is 1.03. The first kappa shape index (κ1) is 9.20. The average molecular weight is 179 g/mol. The van der Waals surface area contributed by atoms with Gasteiger partial charge in [-0.15, -0.1) is 11.3 Å². The molecule has 0 radical (unpaired) electrons. The molecule has 0 saturated heterocycles. The van der Waals surface area contributed by atoms with Crippen molar-refractivity contribution < 1.29 is 0 Å².